The predicted molar refractivity (Wildman–Crippen MR) is 118 cm³/mol. The maximum absolute atomic E-state index is 13.2. The molecule has 0 saturated carbocycles. The lowest BCUT2D eigenvalue weighted by Gasteiger charge is -2.34. The molecule has 4 rings (SSSR count). The SMILES string of the molecule is Cc1ccc(S(=O)(=O)Nc2ccc(F)cc2)cc1C(=O)N1CCN(Cc2ccco2)CC1. The fourth-order valence-electron chi connectivity index (χ4n) is 3.63. The number of hydrogen-bond acceptors (Lipinski definition) is 5. The Bertz CT molecular complexity index is 1190. The Morgan fingerprint density at radius 3 is 2.44 bits per heavy atom. The van der Waals surface area contributed by atoms with Gasteiger partial charge in [0.2, 0.25) is 0 Å². The molecule has 32 heavy (non-hydrogen) atoms. The highest BCUT2D eigenvalue weighted by molar-refractivity contribution is 7.92. The molecule has 1 fully saturated rings. The van der Waals surface area contributed by atoms with Crippen molar-refractivity contribution in [1.29, 1.82) is 0 Å². The van der Waals surface area contributed by atoms with Crippen LogP contribution in [0, 0.1) is 12.7 Å². The Hall–Kier alpha value is -3.17. The van der Waals surface area contributed by atoms with Crippen molar-refractivity contribution in [2.24, 2.45) is 0 Å². The average molecular weight is 458 g/mol. The number of furan rings is 1. The zero-order chi connectivity index (χ0) is 22.7. The molecule has 0 spiro atoms. The molecule has 1 saturated heterocycles. The topological polar surface area (TPSA) is 82.9 Å². The summed E-state index contributed by atoms with van der Waals surface area (Å²) < 4.78 is 46.5. The first-order valence-electron chi connectivity index (χ1n) is 10.2. The number of nitrogens with zero attached hydrogens (tertiary/aromatic N) is 2. The smallest absolute Gasteiger partial charge is 0.261 e. The van der Waals surface area contributed by atoms with E-state index in [0.29, 0.717) is 43.9 Å². The Morgan fingerprint density at radius 2 is 1.78 bits per heavy atom. The van der Waals surface area contributed by atoms with E-state index in [-0.39, 0.29) is 16.5 Å². The largest absolute Gasteiger partial charge is 0.468 e. The summed E-state index contributed by atoms with van der Waals surface area (Å²) in [7, 11) is -3.93. The number of piperazine rings is 1. The number of aryl methyl sites for hydroxylation is 1. The number of benzene rings is 2. The van der Waals surface area contributed by atoms with Crippen LogP contribution in [0.4, 0.5) is 10.1 Å². The number of carbonyl (C=O) groups excluding carboxylic acids is 1. The predicted octanol–water partition coefficient (Wildman–Crippen LogP) is 3.49. The number of anilines is 1. The van der Waals surface area contributed by atoms with E-state index in [0.717, 1.165) is 5.76 Å². The number of carbonyl (C=O) groups is 1. The molecule has 1 amide bonds. The molecule has 0 radical (unpaired) electrons. The van der Waals surface area contributed by atoms with Crippen molar-refractivity contribution >= 4 is 21.6 Å². The minimum atomic E-state index is -3.93. The summed E-state index contributed by atoms with van der Waals surface area (Å²) in [6.45, 7) is 4.97. The van der Waals surface area contributed by atoms with Gasteiger partial charge < -0.3 is 9.32 Å². The molecule has 0 aliphatic carbocycles. The van der Waals surface area contributed by atoms with Crippen LogP contribution in [0.5, 0.6) is 0 Å². The third-order valence-electron chi connectivity index (χ3n) is 5.47. The standard InChI is InChI=1S/C23H24FN3O4S/c1-17-4-9-21(32(29,30)25-19-7-5-18(24)6-8-19)15-22(17)23(28)27-12-10-26(11-13-27)16-20-3-2-14-31-20/h2-9,14-15,25H,10-13,16H2,1H3. The minimum Gasteiger partial charge on any atom is -0.468 e. The number of amides is 1. The molecule has 3 aromatic rings. The van der Waals surface area contributed by atoms with Crippen molar-refractivity contribution in [3.05, 3.63) is 83.6 Å². The summed E-state index contributed by atoms with van der Waals surface area (Å²) in [6, 6.07) is 13.3. The van der Waals surface area contributed by atoms with Crippen LogP contribution in [-0.4, -0.2) is 50.3 Å². The summed E-state index contributed by atoms with van der Waals surface area (Å²) in [5, 5.41) is 0. The zero-order valence-electron chi connectivity index (χ0n) is 17.6. The molecule has 2 heterocycles. The van der Waals surface area contributed by atoms with Crippen LogP contribution in [0.15, 0.2) is 70.2 Å². The zero-order valence-corrected chi connectivity index (χ0v) is 18.4. The van der Waals surface area contributed by atoms with Gasteiger partial charge in [-0.15, -0.1) is 0 Å². The Balaban J connectivity index is 1.46. The van der Waals surface area contributed by atoms with Crippen molar-refractivity contribution < 1.29 is 22.0 Å². The number of nitrogens with one attached hydrogen (secondary N) is 1. The van der Waals surface area contributed by atoms with E-state index < -0.39 is 15.8 Å². The summed E-state index contributed by atoms with van der Waals surface area (Å²) in [4.78, 5) is 17.1. The van der Waals surface area contributed by atoms with E-state index in [9.17, 15) is 17.6 Å². The third kappa shape index (κ3) is 5.00. The van der Waals surface area contributed by atoms with Gasteiger partial charge in [-0.05, 0) is 61.0 Å². The Morgan fingerprint density at radius 1 is 1.06 bits per heavy atom. The molecule has 0 bridgehead atoms. The molecule has 9 heteroatoms. The molecule has 0 unspecified atom stereocenters. The molecule has 1 aliphatic heterocycles. The second-order valence-electron chi connectivity index (χ2n) is 7.74. The van der Waals surface area contributed by atoms with Gasteiger partial charge in [0.05, 0.1) is 17.7 Å². The van der Waals surface area contributed by atoms with E-state index >= 15 is 0 Å². The van der Waals surface area contributed by atoms with Crippen molar-refractivity contribution in [2.75, 3.05) is 30.9 Å². The molecular formula is C23H24FN3O4S. The highest BCUT2D eigenvalue weighted by Crippen LogP contribution is 2.21. The second-order valence-corrected chi connectivity index (χ2v) is 9.42. The average Bonchev–Trinajstić information content (AvgIpc) is 3.28. The van der Waals surface area contributed by atoms with Gasteiger partial charge in [-0.3, -0.25) is 14.4 Å². The monoisotopic (exact) mass is 457 g/mol. The molecule has 2 aromatic carbocycles. The summed E-state index contributed by atoms with van der Waals surface area (Å²) in [6.07, 6.45) is 1.64. The lowest BCUT2D eigenvalue weighted by molar-refractivity contribution is 0.0619. The first-order chi connectivity index (χ1) is 15.3. The van der Waals surface area contributed by atoms with Crippen LogP contribution in [0.1, 0.15) is 21.7 Å². The van der Waals surface area contributed by atoms with Gasteiger partial charge in [0.25, 0.3) is 15.9 Å². The van der Waals surface area contributed by atoms with Crippen LogP contribution in [0.2, 0.25) is 0 Å². The molecule has 168 valence electrons. The third-order valence-corrected chi connectivity index (χ3v) is 6.84. The van der Waals surface area contributed by atoms with E-state index in [1.165, 1.54) is 36.4 Å². The van der Waals surface area contributed by atoms with Crippen LogP contribution in [0.25, 0.3) is 0 Å². The van der Waals surface area contributed by atoms with Gasteiger partial charge in [0, 0.05) is 37.4 Å². The van der Waals surface area contributed by atoms with Gasteiger partial charge in [-0.2, -0.15) is 0 Å². The number of rotatable bonds is 6. The molecule has 1 aromatic heterocycles. The Kier molecular flexibility index (Phi) is 6.29. The normalized spacial score (nSPS) is 15.0. The molecule has 1 aliphatic rings. The molecule has 0 atom stereocenters. The molecular weight excluding hydrogens is 433 g/mol. The van der Waals surface area contributed by atoms with E-state index in [1.807, 2.05) is 12.1 Å². The van der Waals surface area contributed by atoms with Crippen molar-refractivity contribution in [3.63, 3.8) is 0 Å². The van der Waals surface area contributed by atoms with Gasteiger partial charge in [-0.25, -0.2) is 12.8 Å². The quantitative estimate of drug-likeness (QED) is 0.613. The lowest BCUT2D eigenvalue weighted by Crippen LogP contribution is -2.48. The molecule has 7 nitrogen and oxygen atoms in total. The van der Waals surface area contributed by atoms with E-state index in [1.54, 1.807) is 24.2 Å². The van der Waals surface area contributed by atoms with Gasteiger partial charge in [0.15, 0.2) is 0 Å². The van der Waals surface area contributed by atoms with Crippen LogP contribution >= 0.6 is 0 Å². The van der Waals surface area contributed by atoms with Gasteiger partial charge in [-0.1, -0.05) is 6.07 Å². The number of sulfonamides is 1. The summed E-state index contributed by atoms with van der Waals surface area (Å²) in [5.74, 6) is 0.228. The maximum Gasteiger partial charge on any atom is 0.261 e. The highest BCUT2D eigenvalue weighted by atomic mass is 32.2. The number of halogens is 1. The van der Waals surface area contributed by atoms with E-state index in [4.69, 9.17) is 4.42 Å². The van der Waals surface area contributed by atoms with Crippen molar-refractivity contribution in [2.45, 2.75) is 18.4 Å². The molecule has 1 N–H and O–H groups in total. The van der Waals surface area contributed by atoms with Crippen LogP contribution < -0.4 is 4.72 Å². The summed E-state index contributed by atoms with van der Waals surface area (Å²) in [5.41, 5.74) is 1.30. The highest BCUT2D eigenvalue weighted by Gasteiger charge is 2.25. The van der Waals surface area contributed by atoms with Crippen molar-refractivity contribution in [3.8, 4) is 0 Å². The Labute approximate surface area is 186 Å². The minimum absolute atomic E-state index is 0.0211. The number of hydrogen-bond donors (Lipinski definition) is 1. The van der Waals surface area contributed by atoms with Gasteiger partial charge in [0.1, 0.15) is 11.6 Å². The van der Waals surface area contributed by atoms with Crippen LogP contribution in [0.3, 0.4) is 0 Å². The fourth-order valence-corrected chi connectivity index (χ4v) is 4.72. The fraction of sp³-hybridized carbons (Fsp3) is 0.261. The van der Waals surface area contributed by atoms with Crippen LogP contribution in [-0.2, 0) is 16.6 Å². The second kappa shape index (κ2) is 9.13. The van der Waals surface area contributed by atoms with Gasteiger partial charge >= 0.3 is 0 Å². The first kappa shape index (κ1) is 22.0. The van der Waals surface area contributed by atoms with Crippen molar-refractivity contribution in [1.82, 2.24) is 9.80 Å². The van der Waals surface area contributed by atoms with E-state index in [2.05, 4.69) is 9.62 Å². The first-order valence-corrected chi connectivity index (χ1v) is 11.7. The lowest BCUT2D eigenvalue weighted by atomic mass is 10.1. The summed E-state index contributed by atoms with van der Waals surface area (Å²) >= 11 is 0. The maximum atomic E-state index is 13.2.